The van der Waals surface area contributed by atoms with E-state index in [9.17, 15) is 15.2 Å². The average molecular weight is 208 g/mol. The first kappa shape index (κ1) is 9.92. The Balaban J connectivity index is 2.43. The molecule has 15 heavy (non-hydrogen) atoms. The van der Waals surface area contributed by atoms with Gasteiger partial charge in [-0.05, 0) is 31.5 Å². The van der Waals surface area contributed by atoms with Crippen molar-refractivity contribution in [1.82, 2.24) is 5.32 Å². The molecule has 80 valence electrons. The summed E-state index contributed by atoms with van der Waals surface area (Å²) >= 11 is 0. The number of rotatable bonds is 3. The van der Waals surface area contributed by atoms with Crippen LogP contribution in [0.1, 0.15) is 18.4 Å². The van der Waals surface area contributed by atoms with E-state index in [1.165, 1.54) is 12.1 Å². The molecule has 2 rings (SSSR count). The van der Waals surface area contributed by atoms with Crippen LogP contribution in [0.3, 0.4) is 0 Å². The first-order valence-electron chi connectivity index (χ1n) is 4.76. The van der Waals surface area contributed by atoms with Gasteiger partial charge in [0.25, 0.3) is 0 Å². The van der Waals surface area contributed by atoms with Gasteiger partial charge in [0.2, 0.25) is 0 Å². The number of phenolic OH excluding ortho intramolecular Hbond substituents is 1. The summed E-state index contributed by atoms with van der Waals surface area (Å²) in [6, 6.07) is 4.55. The zero-order valence-electron chi connectivity index (χ0n) is 8.36. The van der Waals surface area contributed by atoms with E-state index in [2.05, 4.69) is 5.32 Å². The third-order valence-electron chi connectivity index (χ3n) is 2.95. The van der Waals surface area contributed by atoms with Crippen LogP contribution >= 0.6 is 0 Å². The van der Waals surface area contributed by atoms with Crippen molar-refractivity contribution in [2.75, 3.05) is 7.05 Å². The van der Waals surface area contributed by atoms with E-state index in [4.69, 9.17) is 0 Å². The minimum atomic E-state index is -0.565. The van der Waals surface area contributed by atoms with Gasteiger partial charge in [-0.1, -0.05) is 6.07 Å². The fourth-order valence-electron chi connectivity index (χ4n) is 1.78. The smallest absolute Gasteiger partial charge is 0.311 e. The van der Waals surface area contributed by atoms with Crippen molar-refractivity contribution >= 4 is 5.69 Å². The van der Waals surface area contributed by atoms with Crippen molar-refractivity contribution in [3.05, 3.63) is 33.9 Å². The highest BCUT2D eigenvalue weighted by atomic mass is 16.6. The van der Waals surface area contributed by atoms with Gasteiger partial charge in [-0.2, -0.15) is 0 Å². The molecule has 5 nitrogen and oxygen atoms in total. The molecule has 1 aromatic carbocycles. The lowest BCUT2D eigenvalue weighted by Gasteiger charge is -2.14. The Hall–Kier alpha value is -1.62. The highest BCUT2D eigenvalue weighted by Gasteiger charge is 2.43. The Morgan fingerprint density at radius 3 is 2.67 bits per heavy atom. The molecule has 0 spiro atoms. The molecule has 0 amide bonds. The summed E-state index contributed by atoms with van der Waals surface area (Å²) in [5, 5.41) is 23.1. The largest absolute Gasteiger partial charge is 0.502 e. The average Bonchev–Trinajstić information content (AvgIpc) is 2.99. The molecule has 0 saturated heterocycles. The summed E-state index contributed by atoms with van der Waals surface area (Å²) in [5.74, 6) is -0.282. The third kappa shape index (κ3) is 1.55. The molecule has 1 aromatic rings. The summed E-state index contributed by atoms with van der Waals surface area (Å²) < 4.78 is 0. The molecule has 0 aromatic heterocycles. The fraction of sp³-hybridized carbons (Fsp3) is 0.400. The lowest BCUT2D eigenvalue weighted by molar-refractivity contribution is -0.386. The van der Waals surface area contributed by atoms with E-state index in [1.807, 2.05) is 7.05 Å². The van der Waals surface area contributed by atoms with Crippen molar-refractivity contribution in [3.8, 4) is 5.75 Å². The fourth-order valence-corrected chi connectivity index (χ4v) is 1.78. The molecule has 0 radical (unpaired) electrons. The zero-order chi connectivity index (χ0) is 11.1. The van der Waals surface area contributed by atoms with Gasteiger partial charge in [0.05, 0.1) is 4.92 Å². The van der Waals surface area contributed by atoms with E-state index < -0.39 is 4.92 Å². The number of hydrogen-bond acceptors (Lipinski definition) is 4. The number of phenols is 1. The molecule has 0 atom stereocenters. The third-order valence-corrected chi connectivity index (χ3v) is 2.95. The highest BCUT2D eigenvalue weighted by molar-refractivity contribution is 5.50. The zero-order valence-corrected chi connectivity index (χ0v) is 8.36. The molecule has 0 bridgehead atoms. The number of hydrogen-bond donors (Lipinski definition) is 2. The predicted molar refractivity (Wildman–Crippen MR) is 54.7 cm³/mol. The van der Waals surface area contributed by atoms with Gasteiger partial charge in [-0.25, -0.2) is 0 Å². The second-order valence-electron chi connectivity index (χ2n) is 3.79. The monoisotopic (exact) mass is 208 g/mol. The van der Waals surface area contributed by atoms with Gasteiger partial charge in [-0.3, -0.25) is 10.1 Å². The first-order valence-corrected chi connectivity index (χ1v) is 4.76. The summed E-state index contributed by atoms with van der Waals surface area (Å²) in [6.45, 7) is 0. The topological polar surface area (TPSA) is 75.4 Å². The lowest BCUT2D eigenvalue weighted by Crippen LogP contribution is -2.24. The molecule has 0 heterocycles. The van der Waals surface area contributed by atoms with Crippen LogP contribution in [-0.2, 0) is 5.54 Å². The van der Waals surface area contributed by atoms with Crippen molar-refractivity contribution in [2.45, 2.75) is 18.4 Å². The van der Waals surface area contributed by atoms with Gasteiger partial charge in [0.1, 0.15) is 0 Å². The number of nitro benzene ring substituents is 1. The number of nitrogens with zero attached hydrogens (tertiary/aromatic N) is 1. The Kier molecular flexibility index (Phi) is 2.12. The molecule has 1 fully saturated rings. The molecular weight excluding hydrogens is 196 g/mol. The Morgan fingerprint density at radius 1 is 1.53 bits per heavy atom. The van der Waals surface area contributed by atoms with Crippen LogP contribution in [0.25, 0.3) is 0 Å². The number of aromatic hydroxyl groups is 1. The van der Waals surface area contributed by atoms with Gasteiger partial charge in [0, 0.05) is 11.6 Å². The molecular formula is C10H12N2O3. The van der Waals surface area contributed by atoms with Crippen LogP contribution in [0.4, 0.5) is 5.69 Å². The molecule has 5 heteroatoms. The summed E-state index contributed by atoms with van der Waals surface area (Å²) in [6.07, 6.45) is 1.96. The molecule has 0 aliphatic heterocycles. The van der Waals surface area contributed by atoms with Crippen LogP contribution in [0, 0.1) is 10.1 Å². The lowest BCUT2D eigenvalue weighted by atomic mass is 10.0. The van der Waals surface area contributed by atoms with Gasteiger partial charge in [0.15, 0.2) is 5.75 Å². The minimum absolute atomic E-state index is 0.113. The quantitative estimate of drug-likeness (QED) is 0.583. The Bertz CT molecular complexity index is 413. The second-order valence-corrected chi connectivity index (χ2v) is 3.79. The van der Waals surface area contributed by atoms with Crippen LogP contribution in [0.5, 0.6) is 5.75 Å². The van der Waals surface area contributed by atoms with Crippen LogP contribution in [0.15, 0.2) is 18.2 Å². The molecule has 1 saturated carbocycles. The maximum atomic E-state index is 10.6. The minimum Gasteiger partial charge on any atom is -0.502 e. The van der Waals surface area contributed by atoms with E-state index >= 15 is 0 Å². The van der Waals surface area contributed by atoms with Crippen molar-refractivity contribution < 1.29 is 10.0 Å². The van der Waals surface area contributed by atoms with Crippen LogP contribution in [-0.4, -0.2) is 17.1 Å². The number of nitro groups is 1. The molecule has 2 N–H and O–H groups in total. The Labute approximate surface area is 86.9 Å². The Morgan fingerprint density at radius 2 is 2.20 bits per heavy atom. The van der Waals surface area contributed by atoms with E-state index in [0.717, 1.165) is 18.4 Å². The van der Waals surface area contributed by atoms with Crippen molar-refractivity contribution in [2.24, 2.45) is 0 Å². The normalized spacial score (nSPS) is 17.4. The van der Waals surface area contributed by atoms with Crippen LogP contribution in [0.2, 0.25) is 0 Å². The van der Waals surface area contributed by atoms with Crippen molar-refractivity contribution in [1.29, 1.82) is 0 Å². The first-order chi connectivity index (χ1) is 7.09. The van der Waals surface area contributed by atoms with Crippen molar-refractivity contribution in [3.63, 3.8) is 0 Å². The summed E-state index contributed by atoms with van der Waals surface area (Å²) in [5.41, 5.74) is 0.530. The molecule has 1 aliphatic rings. The molecule has 0 unspecified atom stereocenters. The second kappa shape index (κ2) is 3.20. The number of nitrogens with one attached hydrogen (secondary N) is 1. The maximum Gasteiger partial charge on any atom is 0.311 e. The maximum absolute atomic E-state index is 10.6. The van der Waals surface area contributed by atoms with E-state index in [1.54, 1.807) is 6.07 Å². The highest BCUT2D eigenvalue weighted by Crippen LogP contribution is 2.46. The van der Waals surface area contributed by atoms with E-state index in [0.29, 0.717) is 0 Å². The standard InChI is InChI=1S/C10H12N2O3/c1-11-10(4-5-10)7-2-3-9(13)8(6-7)12(14)15/h2-3,6,11,13H,4-5H2,1H3. The number of benzene rings is 1. The predicted octanol–water partition coefficient (Wildman–Crippen LogP) is 1.51. The van der Waals surface area contributed by atoms with Crippen LogP contribution < -0.4 is 5.32 Å². The summed E-state index contributed by atoms with van der Waals surface area (Å²) in [4.78, 5) is 10.1. The van der Waals surface area contributed by atoms with Gasteiger partial charge in [-0.15, -0.1) is 0 Å². The van der Waals surface area contributed by atoms with E-state index in [-0.39, 0.29) is 17.0 Å². The van der Waals surface area contributed by atoms with Gasteiger partial charge >= 0.3 is 5.69 Å². The molecule has 1 aliphatic carbocycles. The van der Waals surface area contributed by atoms with Gasteiger partial charge < -0.3 is 10.4 Å². The summed E-state index contributed by atoms with van der Waals surface area (Å²) in [7, 11) is 1.84. The SMILES string of the molecule is CNC1(c2ccc(O)c([N+](=O)[O-])c2)CC1.